The van der Waals surface area contributed by atoms with E-state index >= 15 is 0 Å². The molecule has 5 nitrogen and oxygen atoms in total. The molecule has 1 aromatic carbocycles. The van der Waals surface area contributed by atoms with Crippen molar-refractivity contribution in [3.05, 3.63) is 35.6 Å². The van der Waals surface area contributed by atoms with Crippen molar-refractivity contribution in [3.8, 4) is 0 Å². The number of carbonyl (C=O) groups excluding carboxylic acids is 1. The molecule has 0 spiro atoms. The van der Waals surface area contributed by atoms with Gasteiger partial charge in [0.05, 0.1) is 0 Å². The molecule has 3 N–H and O–H groups in total. The number of carbonyl (C=O) groups is 2. The predicted molar refractivity (Wildman–Crippen MR) is 63.9 cm³/mol. The third kappa shape index (κ3) is 4.07. The van der Waals surface area contributed by atoms with Gasteiger partial charge >= 0.3 is 18.2 Å². The Hall–Kier alpha value is -2.32. The van der Waals surface area contributed by atoms with E-state index < -0.39 is 29.5 Å². The van der Waals surface area contributed by atoms with E-state index in [1.807, 2.05) is 5.32 Å². The fourth-order valence-corrected chi connectivity index (χ4v) is 1.35. The number of benzene rings is 1. The van der Waals surface area contributed by atoms with Gasteiger partial charge in [-0.15, -0.1) is 0 Å². The first kappa shape index (κ1) is 16.7. The molecule has 21 heavy (non-hydrogen) atoms. The standard InChI is InChI=1S/C12H12F4N2O3/c1-11(9(19)20,12(14,15)16)18-10(21)17-6-7-3-2-4-8(13)5-7/h2-5H,6H2,1H3,(H,19,20)(H2,17,18,21). The Labute approximate surface area is 117 Å². The zero-order chi connectivity index (χ0) is 16.3. The number of hydrogen-bond acceptors (Lipinski definition) is 2. The summed E-state index contributed by atoms with van der Waals surface area (Å²) in [6, 6.07) is 3.72. The quantitative estimate of drug-likeness (QED) is 0.745. The first-order valence-corrected chi connectivity index (χ1v) is 5.67. The minimum absolute atomic E-state index is 0.253. The molecule has 1 rings (SSSR count). The van der Waals surface area contributed by atoms with Crippen molar-refractivity contribution >= 4 is 12.0 Å². The molecule has 0 aliphatic carbocycles. The molecule has 0 heterocycles. The van der Waals surface area contributed by atoms with Gasteiger partial charge in [-0.2, -0.15) is 13.2 Å². The Bertz CT molecular complexity index is 548. The Morgan fingerprint density at radius 2 is 1.90 bits per heavy atom. The van der Waals surface area contributed by atoms with Crippen LogP contribution in [0.5, 0.6) is 0 Å². The normalized spacial score (nSPS) is 14.1. The average Bonchev–Trinajstić information content (AvgIpc) is 2.34. The van der Waals surface area contributed by atoms with Crippen molar-refractivity contribution < 1.29 is 32.3 Å². The number of rotatable bonds is 4. The summed E-state index contributed by atoms with van der Waals surface area (Å²) < 4.78 is 50.8. The highest BCUT2D eigenvalue weighted by molar-refractivity contribution is 5.86. The van der Waals surface area contributed by atoms with Gasteiger partial charge in [0.15, 0.2) is 0 Å². The van der Waals surface area contributed by atoms with Gasteiger partial charge in [-0.25, -0.2) is 14.0 Å². The van der Waals surface area contributed by atoms with Crippen LogP contribution in [0.25, 0.3) is 0 Å². The Morgan fingerprint density at radius 3 is 2.38 bits per heavy atom. The van der Waals surface area contributed by atoms with E-state index in [9.17, 15) is 27.2 Å². The second-order valence-corrected chi connectivity index (χ2v) is 4.37. The third-order valence-corrected chi connectivity index (χ3v) is 2.70. The van der Waals surface area contributed by atoms with Crippen LogP contribution in [-0.2, 0) is 11.3 Å². The minimum Gasteiger partial charge on any atom is -0.479 e. The van der Waals surface area contributed by atoms with Gasteiger partial charge in [0.1, 0.15) is 5.82 Å². The van der Waals surface area contributed by atoms with Crippen molar-refractivity contribution in [2.75, 3.05) is 0 Å². The summed E-state index contributed by atoms with van der Waals surface area (Å²) in [5.41, 5.74) is -3.10. The van der Waals surface area contributed by atoms with Crippen LogP contribution in [0.1, 0.15) is 12.5 Å². The molecular weight excluding hydrogens is 296 g/mol. The minimum atomic E-state index is -5.17. The van der Waals surface area contributed by atoms with E-state index in [1.165, 1.54) is 17.4 Å². The third-order valence-electron chi connectivity index (χ3n) is 2.70. The maximum atomic E-state index is 12.9. The van der Waals surface area contributed by atoms with Gasteiger partial charge in [-0.1, -0.05) is 12.1 Å². The van der Waals surface area contributed by atoms with E-state index in [-0.39, 0.29) is 6.54 Å². The molecule has 0 bridgehead atoms. The lowest BCUT2D eigenvalue weighted by atomic mass is 10.0. The van der Waals surface area contributed by atoms with Crippen LogP contribution in [0.2, 0.25) is 0 Å². The first-order valence-electron chi connectivity index (χ1n) is 5.67. The lowest BCUT2D eigenvalue weighted by Crippen LogP contribution is -2.63. The van der Waals surface area contributed by atoms with Crippen LogP contribution in [0.3, 0.4) is 0 Å². The highest BCUT2D eigenvalue weighted by atomic mass is 19.4. The summed E-state index contributed by atoms with van der Waals surface area (Å²) in [5.74, 6) is -2.81. The maximum absolute atomic E-state index is 12.9. The van der Waals surface area contributed by atoms with Crippen LogP contribution in [0.4, 0.5) is 22.4 Å². The first-order chi connectivity index (χ1) is 9.56. The summed E-state index contributed by atoms with van der Waals surface area (Å²) in [6.07, 6.45) is -5.17. The lowest BCUT2D eigenvalue weighted by molar-refractivity contribution is -0.203. The monoisotopic (exact) mass is 308 g/mol. The van der Waals surface area contributed by atoms with E-state index in [0.29, 0.717) is 12.5 Å². The smallest absolute Gasteiger partial charge is 0.422 e. The van der Waals surface area contributed by atoms with Crippen molar-refractivity contribution in [3.63, 3.8) is 0 Å². The Kier molecular flexibility index (Phi) is 4.77. The number of halogens is 4. The number of hydrogen-bond donors (Lipinski definition) is 3. The van der Waals surface area contributed by atoms with Crippen LogP contribution in [0, 0.1) is 5.82 Å². The molecule has 0 saturated carbocycles. The molecule has 116 valence electrons. The summed E-state index contributed by atoms with van der Waals surface area (Å²) in [5, 5.41) is 12.0. The molecule has 9 heteroatoms. The molecular formula is C12H12F4N2O3. The van der Waals surface area contributed by atoms with Crippen molar-refractivity contribution in [2.24, 2.45) is 0 Å². The van der Waals surface area contributed by atoms with Gasteiger partial charge in [0.2, 0.25) is 5.54 Å². The molecule has 1 unspecified atom stereocenters. The summed E-state index contributed by atoms with van der Waals surface area (Å²) in [6.45, 7) is 0.0776. The van der Waals surface area contributed by atoms with Crippen LogP contribution in [0.15, 0.2) is 24.3 Å². The summed E-state index contributed by atoms with van der Waals surface area (Å²) >= 11 is 0. The molecule has 0 radical (unpaired) electrons. The summed E-state index contributed by atoms with van der Waals surface area (Å²) in [7, 11) is 0. The fourth-order valence-electron chi connectivity index (χ4n) is 1.35. The molecule has 2 amide bonds. The largest absolute Gasteiger partial charge is 0.479 e. The highest BCUT2D eigenvalue weighted by Gasteiger charge is 2.58. The van der Waals surface area contributed by atoms with Crippen molar-refractivity contribution in [2.45, 2.75) is 25.2 Å². The Balaban J connectivity index is 2.70. The zero-order valence-electron chi connectivity index (χ0n) is 10.8. The number of alkyl halides is 3. The molecule has 1 atom stereocenters. The second-order valence-electron chi connectivity index (χ2n) is 4.37. The molecule has 0 aromatic heterocycles. The van der Waals surface area contributed by atoms with Crippen molar-refractivity contribution in [1.29, 1.82) is 0 Å². The number of carboxylic acid groups (broad SMARTS) is 1. The highest BCUT2D eigenvalue weighted by Crippen LogP contribution is 2.30. The number of amides is 2. The number of urea groups is 1. The topological polar surface area (TPSA) is 78.4 Å². The van der Waals surface area contributed by atoms with E-state index in [1.54, 1.807) is 0 Å². The molecule has 0 saturated heterocycles. The molecule has 0 fully saturated rings. The summed E-state index contributed by atoms with van der Waals surface area (Å²) in [4.78, 5) is 22.1. The van der Waals surface area contributed by atoms with Crippen LogP contribution >= 0.6 is 0 Å². The second kappa shape index (κ2) is 5.98. The maximum Gasteiger partial charge on any atom is 0.422 e. The van der Waals surface area contributed by atoms with Gasteiger partial charge in [-0.05, 0) is 24.6 Å². The lowest BCUT2D eigenvalue weighted by Gasteiger charge is -2.28. The predicted octanol–water partition coefficient (Wildman–Crippen LogP) is 2.03. The molecule has 0 aliphatic heterocycles. The van der Waals surface area contributed by atoms with E-state index in [0.717, 1.165) is 12.1 Å². The number of nitrogens with one attached hydrogen (secondary N) is 2. The van der Waals surface area contributed by atoms with E-state index in [4.69, 9.17) is 5.11 Å². The SMILES string of the molecule is CC(NC(=O)NCc1cccc(F)c1)(C(=O)O)C(F)(F)F. The van der Waals surface area contributed by atoms with Crippen LogP contribution < -0.4 is 10.6 Å². The number of carboxylic acids is 1. The average molecular weight is 308 g/mol. The van der Waals surface area contributed by atoms with Gasteiger partial charge in [-0.3, -0.25) is 0 Å². The van der Waals surface area contributed by atoms with Gasteiger partial charge in [0.25, 0.3) is 0 Å². The number of aliphatic carboxylic acids is 1. The zero-order valence-corrected chi connectivity index (χ0v) is 10.8. The fraction of sp³-hybridized carbons (Fsp3) is 0.333. The van der Waals surface area contributed by atoms with Gasteiger partial charge in [0, 0.05) is 6.54 Å². The van der Waals surface area contributed by atoms with Crippen LogP contribution in [-0.4, -0.2) is 28.8 Å². The molecule has 1 aromatic rings. The van der Waals surface area contributed by atoms with Gasteiger partial charge < -0.3 is 15.7 Å². The Morgan fingerprint density at radius 1 is 1.29 bits per heavy atom. The van der Waals surface area contributed by atoms with Crippen molar-refractivity contribution in [1.82, 2.24) is 10.6 Å². The van der Waals surface area contributed by atoms with E-state index in [2.05, 4.69) is 0 Å². The molecule has 0 aliphatic rings.